The monoisotopic (exact) mass is 544 g/mol. The van der Waals surface area contributed by atoms with Gasteiger partial charge in [-0.3, -0.25) is 18.9 Å². The summed E-state index contributed by atoms with van der Waals surface area (Å²) in [5.41, 5.74) is -0.194. The summed E-state index contributed by atoms with van der Waals surface area (Å²) in [6, 6.07) is 8.21. The van der Waals surface area contributed by atoms with Crippen molar-refractivity contribution < 1.29 is 37.4 Å². The number of aliphatic hydroxyl groups excluding tert-OH is 1. The van der Waals surface area contributed by atoms with E-state index in [4.69, 9.17) is 30.7 Å². The van der Waals surface area contributed by atoms with E-state index in [2.05, 4.69) is 4.98 Å². The Bertz CT molecular complexity index is 1220. The van der Waals surface area contributed by atoms with Gasteiger partial charge in [0.1, 0.15) is 22.6 Å². The molecule has 1 saturated heterocycles. The van der Waals surface area contributed by atoms with Gasteiger partial charge in [-0.25, -0.2) is 13.8 Å². The predicted octanol–water partition coefficient (Wildman–Crippen LogP) is 3.69. The number of esters is 1. The highest BCUT2D eigenvalue weighted by molar-refractivity contribution is 7.71. The van der Waals surface area contributed by atoms with Gasteiger partial charge in [-0.15, -0.1) is 0 Å². The number of alkyl halides is 1. The third-order valence-electron chi connectivity index (χ3n) is 5.39. The topological polar surface area (TPSA) is 129 Å². The Labute approximate surface area is 212 Å². The molecule has 0 bridgehead atoms. The molecule has 1 aliphatic rings. The standard InChI is InChI=1S/C23H30FN2O8PS/c1-13(2)32-22(28)15(4)12-35(30,34-16-8-6-5-7-9-16)31-11-17-19(27)18(24)21(33-17)26-10-14(3)20(36)25-23(26)29/h5-10,13,15,17-19,21,27H,11-12H2,1-4H3,(H,25,29,36)/t15-,17+,18-,19?,21+,35?/m1/s1. The number of nitrogens with zero attached hydrogens (tertiary/aromatic N) is 1. The molecule has 2 heterocycles. The Kier molecular flexibility index (Phi) is 9.23. The number of para-hydroxylation sites is 1. The molecular formula is C23H30FN2O8PS. The van der Waals surface area contributed by atoms with E-state index in [1.807, 2.05) is 0 Å². The van der Waals surface area contributed by atoms with Crippen LogP contribution in [-0.2, 0) is 23.4 Å². The van der Waals surface area contributed by atoms with Gasteiger partial charge in [-0.1, -0.05) is 37.3 Å². The average molecular weight is 545 g/mol. The maximum Gasteiger partial charge on any atom is 0.380 e. The van der Waals surface area contributed by atoms with Crippen molar-refractivity contribution in [3.63, 3.8) is 0 Å². The molecule has 2 aromatic rings. The molecule has 1 fully saturated rings. The maximum atomic E-state index is 14.9. The molecule has 36 heavy (non-hydrogen) atoms. The SMILES string of the molecule is Cc1cn([C@H]2O[C@@H](COP(=O)(C[C@@H](C)C(=O)OC(C)C)Oc3ccccc3)C(O)[C@H]2F)c(=O)[nH]c1=S. The molecule has 2 N–H and O–H groups in total. The first-order chi connectivity index (χ1) is 16.9. The van der Waals surface area contributed by atoms with E-state index in [1.165, 1.54) is 13.1 Å². The van der Waals surface area contributed by atoms with Crippen LogP contribution in [0.4, 0.5) is 4.39 Å². The number of hydrogen-bond acceptors (Lipinski definition) is 9. The third kappa shape index (κ3) is 6.89. The largest absolute Gasteiger partial charge is 0.463 e. The fourth-order valence-electron chi connectivity index (χ4n) is 3.54. The van der Waals surface area contributed by atoms with Crippen LogP contribution in [0, 0.1) is 17.5 Å². The number of ether oxygens (including phenoxy) is 2. The van der Waals surface area contributed by atoms with Gasteiger partial charge in [0.05, 0.1) is 24.8 Å². The van der Waals surface area contributed by atoms with Crippen molar-refractivity contribution in [1.82, 2.24) is 9.55 Å². The Hall–Kier alpha value is -2.37. The lowest BCUT2D eigenvalue weighted by molar-refractivity contribution is -0.151. The number of rotatable bonds is 10. The van der Waals surface area contributed by atoms with Crippen LogP contribution in [0.15, 0.2) is 41.3 Å². The third-order valence-corrected chi connectivity index (χ3v) is 7.84. The van der Waals surface area contributed by atoms with Crippen LogP contribution < -0.4 is 10.2 Å². The average Bonchev–Trinajstić information content (AvgIpc) is 3.08. The van der Waals surface area contributed by atoms with E-state index in [0.717, 1.165) is 4.57 Å². The van der Waals surface area contributed by atoms with Crippen molar-refractivity contribution in [3.05, 3.63) is 57.2 Å². The summed E-state index contributed by atoms with van der Waals surface area (Å²) in [6.45, 7) is 6.02. The normalized spacial score (nSPS) is 24.3. The Balaban J connectivity index is 1.77. The first kappa shape index (κ1) is 28.2. The number of carbonyl (C=O) groups excluding carboxylic acids is 1. The van der Waals surface area contributed by atoms with Crippen LogP contribution >= 0.6 is 19.8 Å². The fraction of sp³-hybridized carbons (Fsp3) is 0.522. The highest BCUT2D eigenvalue weighted by atomic mass is 32.1. The van der Waals surface area contributed by atoms with Gasteiger partial charge in [0, 0.05) is 11.8 Å². The lowest BCUT2D eigenvalue weighted by Gasteiger charge is -2.24. The number of benzene rings is 1. The molecule has 10 nitrogen and oxygen atoms in total. The van der Waals surface area contributed by atoms with Gasteiger partial charge >= 0.3 is 19.3 Å². The second-order valence-electron chi connectivity index (χ2n) is 8.86. The van der Waals surface area contributed by atoms with Gasteiger partial charge in [0.2, 0.25) is 0 Å². The molecular weight excluding hydrogens is 514 g/mol. The minimum atomic E-state index is -4.01. The summed E-state index contributed by atoms with van der Waals surface area (Å²) in [4.78, 5) is 27.0. The van der Waals surface area contributed by atoms with Crippen molar-refractivity contribution >= 4 is 25.8 Å². The molecule has 1 aromatic heterocycles. The minimum absolute atomic E-state index is 0.203. The van der Waals surface area contributed by atoms with Crippen molar-refractivity contribution in [1.29, 1.82) is 0 Å². The highest BCUT2D eigenvalue weighted by Gasteiger charge is 2.47. The van der Waals surface area contributed by atoms with Gasteiger partial charge in [-0.05, 0) is 32.9 Å². The molecule has 198 valence electrons. The van der Waals surface area contributed by atoms with E-state index >= 15 is 0 Å². The number of aromatic amines is 1. The molecule has 2 unspecified atom stereocenters. The summed E-state index contributed by atoms with van der Waals surface area (Å²) in [5.74, 6) is -1.18. The molecule has 1 aliphatic heterocycles. The van der Waals surface area contributed by atoms with Crippen molar-refractivity contribution in [2.24, 2.45) is 5.92 Å². The summed E-state index contributed by atoms with van der Waals surface area (Å²) in [7, 11) is -4.01. The Morgan fingerprint density at radius 1 is 1.31 bits per heavy atom. The van der Waals surface area contributed by atoms with Crippen molar-refractivity contribution in [2.45, 2.75) is 58.4 Å². The molecule has 6 atom stereocenters. The predicted molar refractivity (Wildman–Crippen MR) is 131 cm³/mol. The zero-order chi connectivity index (χ0) is 26.6. The molecule has 0 saturated carbocycles. The molecule has 0 spiro atoms. The number of nitrogens with one attached hydrogen (secondary N) is 1. The first-order valence-electron chi connectivity index (χ1n) is 11.4. The molecule has 0 amide bonds. The summed E-state index contributed by atoms with van der Waals surface area (Å²) < 4.78 is 51.8. The van der Waals surface area contributed by atoms with Gasteiger partial charge in [0.25, 0.3) is 0 Å². The van der Waals surface area contributed by atoms with Gasteiger partial charge in [0.15, 0.2) is 12.4 Å². The van der Waals surface area contributed by atoms with Crippen molar-refractivity contribution in [3.8, 4) is 5.75 Å². The quantitative estimate of drug-likeness (QED) is 0.261. The van der Waals surface area contributed by atoms with E-state index in [9.17, 15) is 23.7 Å². The van der Waals surface area contributed by atoms with Crippen LogP contribution in [-0.4, -0.2) is 57.9 Å². The van der Waals surface area contributed by atoms with E-state index in [1.54, 1.807) is 51.1 Å². The number of carbonyl (C=O) groups is 1. The second-order valence-corrected chi connectivity index (χ2v) is 11.3. The molecule has 0 aliphatic carbocycles. The summed E-state index contributed by atoms with van der Waals surface area (Å²) in [6.07, 6.45) is -5.75. The number of halogens is 1. The van der Waals surface area contributed by atoms with Crippen LogP contribution in [0.5, 0.6) is 5.75 Å². The Morgan fingerprint density at radius 3 is 2.61 bits per heavy atom. The van der Waals surface area contributed by atoms with Gasteiger partial charge in [-0.2, -0.15) is 0 Å². The number of aromatic nitrogens is 2. The molecule has 3 rings (SSSR count). The Morgan fingerprint density at radius 2 is 1.97 bits per heavy atom. The minimum Gasteiger partial charge on any atom is -0.463 e. The highest BCUT2D eigenvalue weighted by Crippen LogP contribution is 2.50. The molecule has 1 aromatic carbocycles. The van der Waals surface area contributed by atoms with Crippen LogP contribution in [0.25, 0.3) is 0 Å². The first-order valence-corrected chi connectivity index (χ1v) is 13.5. The maximum absolute atomic E-state index is 14.9. The second kappa shape index (κ2) is 11.8. The summed E-state index contributed by atoms with van der Waals surface area (Å²) >= 11 is 5.01. The number of hydrogen-bond donors (Lipinski definition) is 2. The zero-order valence-corrected chi connectivity index (χ0v) is 22.0. The van der Waals surface area contributed by atoms with Crippen LogP contribution in [0.1, 0.15) is 32.6 Å². The summed E-state index contributed by atoms with van der Waals surface area (Å²) in [5, 5.41) is 10.4. The van der Waals surface area contributed by atoms with Crippen LogP contribution in [0.3, 0.4) is 0 Å². The van der Waals surface area contributed by atoms with E-state index < -0.39 is 56.4 Å². The van der Waals surface area contributed by atoms with Crippen molar-refractivity contribution in [2.75, 3.05) is 12.8 Å². The lowest BCUT2D eigenvalue weighted by Crippen LogP contribution is -2.34. The number of aryl methyl sites for hydroxylation is 1. The number of H-pyrrole nitrogens is 1. The number of aliphatic hydroxyl groups is 1. The lowest BCUT2D eigenvalue weighted by atomic mass is 10.1. The van der Waals surface area contributed by atoms with Crippen LogP contribution in [0.2, 0.25) is 0 Å². The smallest absolute Gasteiger partial charge is 0.380 e. The molecule has 0 radical (unpaired) electrons. The fourth-order valence-corrected chi connectivity index (χ4v) is 5.55. The van der Waals surface area contributed by atoms with Gasteiger partial charge < -0.3 is 19.1 Å². The van der Waals surface area contributed by atoms with E-state index in [-0.39, 0.29) is 22.7 Å². The van der Waals surface area contributed by atoms with E-state index in [0.29, 0.717) is 5.56 Å². The molecule has 13 heteroatoms. The zero-order valence-electron chi connectivity index (χ0n) is 20.3.